The Bertz CT molecular complexity index is 921. The van der Waals surface area contributed by atoms with Gasteiger partial charge < -0.3 is 14.6 Å². The Balaban J connectivity index is 2.13. The van der Waals surface area contributed by atoms with Crippen molar-refractivity contribution in [1.82, 2.24) is 5.48 Å². The van der Waals surface area contributed by atoms with E-state index in [1.807, 2.05) is 6.07 Å². The number of aliphatic hydroxyl groups excluding tert-OH is 1. The number of nitriles is 1. The maximum Gasteiger partial charge on any atom is 0.412 e. The van der Waals surface area contributed by atoms with Crippen LogP contribution in [0.3, 0.4) is 0 Å². The minimum Gasteiger partial charge on any atom is -0.491 e. The summed E-state index contributed by atoms with van der Waals surface area (Å²) in [6, 6.07) is 15.1. The molecule has 1 atom stereocenters. The molecule has 4 N–H and O–H groups in total. The zero-order chi connectivity index (χ0) is 21.8. The van der Waals surface area contributed by atoms with E-state index in [9.17, 15) is 9.59 Å². The molecule has 156 valence electrons. The summed E-state index contributed by atoms with van der Waals surface area (Å²) in [5.74, 6) is -0.226. The fourth-order valence-electron chi connectivity index (χ4n) is 2.46. The molecule has 0 bridgehead atoms. The van der Waals surface area contributed by atoms with Crippen LogP contribution in [0.1, 0.15) is 23.7 Å². The zero-order valence-electron chi connectivity index (χ0n) is 15.9. The molecular weight excluding hydrogens is 390 g/mol. The first-order valence-corrected chi connectivity index (χ1v) is 8.97. The van der Waals surface area contributed by atoms with E-state index in [0.29, 0.717) is 22.6 Å². The van der Waals surface area contributed by atoms with Crippen LogP contribution in [-0.2, 0) is 9.53 Å². The van der Waals surface area contributed by atoms with E-state index in [1.54, 1.807) is 48.5 Å². The molecule has 2 aromatic rings. The van der Waals surface area contributed by atoms with Crippen molar-refractivity contribution in [2.45, 2.75) is 12.5 Å². The molecule has 2 aromatic carbocycles. The molecule has 0 aliphatic heterocycles. The average Bonchev–Trinajstić information content (AvgIpc) is 2.77. The maximum atomic E-state index is 12.4. The number of carbonyl (C=O) groups excluding carboxylic acids is 2. The van der Waals surface area contributed by atoms with Gasteiger partial charge in [0, 0.05) is 18.2 Å². The lowest BCUT2D eigenvalue weighted by molar-refractivity contribution is -0.124. The summed E-state index contributed by atoms with van der Waals surface area (Å²) in [4.78, 5) is 23.5. The molecule has 0 aromatic heterocycles. The number of hydroxylamine groups is 1. The van der Waals surface area contributed by atoms with Gasteiger partial charge >= 0.3 is 6.09 Å². The van der Waals surface area contributed by atoms with Crippen LogP contribution in [0.5, 0.6) is 5.75 Å². The summed E-state index contributed by atoms with van der Waals surface area (Å²) in [6.45, 7) is -0.0269. The van der Waals surface area contributed by atoms with Crippen molar-refractivity contribution in [2.75, 3.05) is 18.5 Å². The first-order chi connectivity index (χ1) is 14.5. The van der Waals surface area contributed by atoms with Crippen molar-refractivity contribution >= 4 is 17.7 Å². The molecule has 9 nitrogen and oxygen atoms in total. The molecule has 0 saturated heterocycles. The minimum atomic E-state index is -0.760. The van der Waals surface area contributed by atoms with E-state index < -0.39 is 18.1 Å². The smallest absolute Gasteiger partial charge is 0.412 e. The number of amides is 2. The molecular formula is C21H21N3O6. The summed E-state index contributed by atoms with van der Waals surface area (Å²) < 4.78 is 10.9. The Morgan fingerprint density at radius 3 is 2.63 bits per heavy atom. The second-order valence-electron chi connectivity index (χ2n) is 5.97. The Morgan fingerprint density at radius 1 is 1.20 bits per heavy atom. The largest absolute Gasteiger partial charge is 0.491 e. The monoisotopic (exact) mass is 411 g/mol. The second kappa shape index (κ2) is 11.9. The summed E-state index contributed by atoms with van der Waals surface area (Å²) in [6.07, 6.45) is 1.22. The van der Waals surface area contributed by atoms with Crippen LogP contribution in [-0.4, -0.2) is 35.5 Å². The van der Waals surface area contributed by atoms with E-state index in [1.165, 1.54) is 11.6 Å². The van der Waals surface area contributed by atoms with Crippen LogP contribution in [0.2, 0.25) is 0 Å². The maximum absolute atomic E-state index is 12.4. The van der Waals surface area contributed by atoms with Gasteiger partial charge in [-0.1, -0.05) is 18.2 Å². The Kier molecular flexibility index (Phi) is 8.86. The number of anilines is 1. The van der Waals surface area contributed by atoms with Gasteiger partial charge in [0.15, 0.2) is 0 Å². The molecule has 0 aliphatic rings. The first-order valence-electron chi connectivity index (χ1n) is 8.97. The highest BCUT2D eigenvalue weighted by molar-refractivity contribution is 5.86. The van der Waals surface area contributed by atoms with Crippen LogP contribution in [0.25, 0.3) is 0 Å². The van der Waals surface area contributed by atoms with Crippen molar-refractivity contribution in [3.63, 3.8) is 0 Å². The Morgan fingerprint density at radius 2 is 1.97 bits per heavy atom. The number of aliphatic hydroxyl groups is 1. The standard InChI is InChI=1S/C21H21N3O6/c22-14-15-7-9-17(10-8-15)23-21(27)30-19(5-2-6-20(26)24-28)16-3-1-4-18(13-16)29-12-11-25/h1-4,6-10,13,19,25,28H,5,11-12H2,(H,23,27)(H,24,26)/b6-2+/t19-/m1/s1. The topological polar surface area (TPSA) is 141 Å². The van der Waals surface area contributed by atoms with Gasteiger partial charge in [-0.2, -0.15) is 5.26 Å². The molecule has 0 heterocycles. The predicted octanol–water partition coefficient (Wildman–Crippen LogP) is 2.67. The highest BCUT2D eigenvalue weighted by Crippen LogP contribution is 2.26. The molecule has 0 fully saturated rings. The normalized spacial score (nSPS) is 11.4. The van der Waals surface area contributed by atoms with Gasteiger partial charge in [-0.3, -0.25) is 15.3 Å². The molecule has 30 heavy (non-hydrogen) atoms. The van der Waals surface area contributed by atoms with E-state index in [0.717, 1.165) is 6.08 Å². The number of benzene rings is 2. The van der Waals surface area contributed by atoms with Crippen molar-refractivity contribution < 1.29 is 29.4 Å². The van der Waals surface area contributed by atoms with Gasteiger partial charge in [-0.25, -0.2) is 10.3 Å². The number of hydrogen-bond donors (Lipinski definition) is 4. The quantitative estimate of drug-likeness (QED) is 0.282. The highest BCUT2D eigenvalue weighted by atomic mass is 16.6. The Labute approximate surface area is 173 Å². The first kappa shape index (κ1) is 22.4. The summed E-state index contributed by atoms with van der Waals surface area (Å²) in [5.41, 5.74) is 3.00. The Hall–Kier alpha value is -3.87. The summed E-state index contributed by atoms with van der Waals surface area (Å²) in [7, 11) is 0. The highest BCUT2D eigenvalue weighted by Gasteiger charge is 2.17. The predicted molar refractivity (Wildman–Crippen MR) is 107 cm³/mol. The number of carbonyl (C=O) groups is 2. The summed E-state index contributed by atoms with van der Waals surface area (Å²) in [5, 5.41) is 28.9. The van der Waals surface area contributed by atoms with Gasteiger partial charge in [-0.05, 0) is 42.0 Å². The van der Waals surface area contributed by atoms with Crippen LogP contribution in [0.15, 0.2) is 60.7 Å². The lowest BCUT2D eigenvalue weighted by atomic mass is 10.1. The zero-order valence-corrected chi connectivity index (χ0v) is 15.9. The lowest BCUT2D eigenvalue weighted by Gasteiger charge is -2.18. The van der Waals surface area contributed by atoms with Crippen LogP contribution < -0.4 is 15.5 Å². The molecule has 0 radical (unpaired) electrons. The molecule has 2 rings (SSSR count). The molecule has 0 spiro atoms. The fraction of sp³-hybridized carbons (Fsp3) is 0.190. The van der Waals surface area contributed by atoms with Crippen LogP contribution in [0, 0.1) is 11.3 Å². The number of nitrogens with one attached hydrogen (secondary N) is 2. The van der Waals surface area contributed by atoms with Gasteiger partial charge in [0.05, 0.1) is 18.2 Å². The third-order valence-corrected chi connectivity index (χ3v) is 3.83. The third-order valence-electron chi connectivity index (χ3n) is 3.83. The van der Waals surface area contributed by atoms with Crippen LogP contribution >= 0.6 is 0 Å². The van der Waals surface area contributed by atoms with Gasteiger partial charge in [0.1, 0.15) is 18.5 Å². The fourth-order valence-corrected chi connectivity index (χ4v) is 2.46. The number of hydrogen-bond acceptors (Lipinski definition) is 7. The molecule has 0 aliphatic carbocycles. The average molecular weight is 411 g/mol. The minimum absolute atomic E-state index is 0.116. The third kappa shape index (κ3) is 7.27. The van der Waals surface area contributed by atoms with Crippen molar-refractivity contribution in [1.29, 1.82) is 5.26 Å². The van der Waals surface area contributed by atoms with E-state index in [4.69, 9.17) is 25.0 Å². The van der Waals surface area contributed by atoms with Crippen LogP contribution in [0.4, 0.5) is 10.5 Å². The number of nitrogens with zero attached hydrogens (tertiary/aromatic N) is 1. The SMILES string of the molecule is N#Cc1ccc(NC(=O)O[C@H](C/C=C/C(=O)NO)c2cccc(OCCO)c2)cc1. The molecule has 0 saturated carbocycles. The van der Waals surface area contributed by atoms with Gasteiger partial charge in [-0.15, -0.1) is 0 Å². The lowest BCUT2D eigenvalue weighted by Crippen LogP contribution is -2.18. The number of rotatable bonds is 9. The second-order valence-corrected chi connectivity index (χ2v) is 5.97. The molecule has 9 heteroatoms. The van der Waals surface area contributed by atoms with Crippen molar-refractivity contribution in [2.24, 2.45) is 0 Å². The van der Waals surface area contributed by atoms with E-state index in [2.05, 4.69) is 5.32 Å². The van der Waals surface area contributed by atoms with Gasteiger partial charge in [0.25, 0.3) is 5.91 Å². The van der Waals surface area contributed by atoms with Crippen molar-refractivity contribution in [3.05, 3.63) is 71.8 Å². The number of ether oxygens (including phenoxy) is 2. The summed E-state index contributed by atoms with van der Waals surface area (Å²) >= 11 is 0. The van der Waals surface area contributed by atoms with Crippen molar-refractivity contribution in [3.8, 4) is 11.8 Å². The molecule has 2 amide bonds. The molecule has 0 unspecified atom stereocenters. The van der Waals surface area contributed by atoms with E-state index in [-0.39, 0.29) is 19.6 Å². The van der Waals surface area contributed by atoms with Gasteiger partial charge in [0.2, 0.25) is 0 Å². The van der Waals surface area contributed by atoms with E-state index >= 15 is 0 Å².